The van der Waals surface area contributed by atoms with E-state index in [0.29, 0.717) is 25.5 Å². The second-order valence-electron chi connectivity index (χ2n) is 5.58. The van der Waals surface area contributed by atoms with Gasteiger partial charge in [0.15, 0.2) is 0 Å². The Labute approximate surface area is 129 Å². The zero-order valence-corrected chi connectivity index (χ0v) is 13.5. The van der Waals surface area contributed by atoms with Crippen molar-refractivity contribution in [3.63, 3.8) is 0 Å². The van der Waals surface area contributed by atoms with E-state index in [0.717, 1.165) is 13.0 Å². The van der Waals surface area contributed by atoms with Gasteiger partial charge in [-0.1, -0.05) is 19.1 Å². The van der Waals surface area contributed by atoms with Gasteiger partial charge in [-0.25, -0.2) is 8.78 Å². The molecule has 0 bridgehead atoms. The molecule has 0 rings (SSSR count). The Morgan fingerprint density at radius 2 is 1.73 bits per heavy atom. The molecular formula is C16H24F5N. The third-order valence-corrected chi connectivity index (χ3v) is 3.48. The minimum Gasteiger partial charge on any atom is -0.309 e. The van der Waals surface area contributed by atoms with Crippen molar-refractivity contribution < 1.29 is 22.0 Å². The molecule has 0 aromatic heterocycles. The van der Waals surface area contributed by atoms with Gasteiger partial charge in [-0.2, -0.15) is 13.2 Å². The maximum atomic E-state index is 13.7. The Bertz CT molecular complexity index is 421. The molecule has 0 aliphatic carbocycles. The van der Waals surface area contributed by atoms with Gasteiger partial charge in [0.25, 0.3) is 0 Å². The van der Waals surface area contributed by atoms with Crippen molar-refractivity contribution in [1.82, 2.24) is 4.90 Å². The quantitative estimate of drug-likeness (QED) is 0.425. The number of halogens is 5. The minimum absolute atomic E-state index is 0.0631. The molecule has 0 fully saturated rings. The third kappa shape index (κ3) is 7.73. The van der Waals surface area contributed by atoms with Crippen LogP contribution in [0.2, 0.25) is 0 Å². The van der Waals surface area contributed by atoms with Crippen LogP contribution in [-0.2, 0) is 0 Å². The monoisotopic (exact) mass is 325 g/mol. The van der Waals surface area contributed by atoms with E-state index < -0.39 is 29.7 Å². The fourth-order valence-corrected chi connectivity index (χ4v) is 2.16. The summed E-state index contributed by atoms with van der Waals surface area (Å²) in [4.78, 5) is 1.86. The summed E-state index contributed by atoms with van der Waals surface area (Å²) < 4.78 is 65.3. The smallest absolute Gasteiger partial charge is 0.309 e. The molecule has 0 aromatic rings. The van der Waals surface area contributed by atoms with Crippen LogP contribution in [0.25, 0.3) is 0 Å². The van der Waals surface area contributed by atoms with E-state index in [9.17, 15) is 22.0 Å². The van der Waals surface area contributed by atoms with Crippen LogP contribution >= 0.6 is 0 Å². The SMILES string of the molecule is C=C(F)/C=C(F)\C=C(\C(CC)CCN(C)C)C(C)C(F)(F)F. The lowest BCUT2D eigenvalue weighted by Crippen LogP contribution is -2.27. The molecule has 128 valence electrons. The topological polar surface area (TPSA) is 3.24 Å². The number of allylic oxidation sites excluding steroid dienone is 5. The first-order valence-corrected chi connectivity index (χ1v) is 7.13. The minimum atomic E-state index is -4.47. The molecule has 0 N–H and O–H groups in total. The van der Waals surface area contributed by atoms with Crippen LogP contribution in [0.3, 0.4) is 0 Å². The summed E-state index contributed by atoms with van der Waals surface area (Å²) in [5, 5.41) is 0. The van der Waals surface area contributed by atoms with E-state index >= 15 is 0 Å². The lowest BCUT2D eigenvalue weighted by atomic mass is 9.84. The standard InChI is InChI=1S/C16H24F5N/c1-6-13(7-8-22(4)5)15(12(3)16(19,20)21)10-14(18)9-11(2)17/h9-10,12-13H,2,6-8H2,1,3-5H3/b14-9+,15-10+. The second-order valence-corrected chi connectivity index (χ2v) is 5.58. The van der Waals surface area contributed by atoms with Gasteiger partial charge in [-0.05, 0) is 52.4 Å². The molecule has 6 heteroatoms. The molecule has 1 nitrogen and oxygen atoms in total. The highest BCUT2D eigenvalue weighted by Gasteiger charge is 2.40. The zero-order chi connectivity index (χ0) is 17.5. The molecule has 0 amide bonds. The average Bonchev–Trinajstić information content (AvgIpc) is 2.34. The second kappa shape index (κ2) is 9.08. The summed E-state index contributed by atoms with van der Waals surface area (Å²) in [6.07, 6.45) is -2.26. The predicted molar refractivity (Wildman–Crippen MR) is 79.7 cm³/mol. The normalized spacial score (nSPS) is 16.8. The lowest BCUT2D eigenvalue weighted by Gasteiger charge is -2.27. The van der Waals surface area contributed by atoms with Gasteiger partial charge < -0.3 is 4.90 Å². The van der Waals surface area contributed by atoms with Crippen LogP contribution in [0, 0.1) is 11.8 Å². The molecule has 0 saturated heterocycles. The Hall–Kier alpha value is -1.17. The highest BCUT2D eigenvalue weighted by atomic mass is 19.4. The van der Waals surface area contributed by atoms with Gasteiger partial charge in [-0.15, -0.1) is 0 Å². The molecule has 2 atom stereocenters. The average molecular weight is 325 g/mol. The number of hydrogen-bond acceptors (Lipinski definition) is 1. The maximum Gasteiger partial charge on any atom is 0.395 e. The first-order valence-electron chi connectivity index (χ1n) is 7.13. The molecular weight excluding hydrogens is 301 g/mol. The molecule has 0 aliphatic heterocycles. The van der Waals surface area contributed by atoms with E-state index in [1.807, 2.05) is 19.0 Å². The van der Waals surface area contributed by atoms with Gasteiger partial charge in [-0.3, -0.25) is 0 Å². The highest BCUT2D eigenvalue weighted by molar-refractivity contribution is 5.27. The number of alkyl halides is 3. The first kappa shape index (κ1) is 20.8. The van der Waals surface area contributed by atoms with Crippen LogP contribution in [-0.4, -0.2) is 31.7 Å². The van der Waals surface area contributed by atoms with Crippen molar-refractivity contribution in [2.24, 2.45) is 11.8 Å². The highest BCUT2D eigenvalue weighted by Crippen LogP contribution is 2.38. The summed E-state index contributed by atoms with van der Waals surface area (Å²) in [6.45, 7) is 6.22. The first-order chi connectivity index (χ1) is 9.98. The summed E-state index contributed by atoms with van der Waals surface area (Å²) in [7, 11) is 3.63. The largest absolute Gasteiger partial charge is 0.395 e. The van der Waals surface area contributed by atoms with E-state index in [1.54, 1.807) is 6.92 Å². The molecule has 2 unspecified atom stereocenters. The molecule has 0 heterocycles. The number of hydrogen-bond donors (Lipinski definition) is 0. The molecule has 0 saturated carbocycles. The predicted octanol–water partition coefficient (Wildman–Crippen LogP) is 5.43. The van der Waals surface area contributed by atoms with Crippen LogP contribution < -0.4 is 0 Å². The molecule has 0 aromatic carbocycles. The van der Waals surface area contributed by atoms with Crippen molar-refractivity contribution in [1.29, 1.82) is 0 Å². The van der Waals surface area contributed by atoms with Crippen LogP contribution in [0.4, 0.5) is 22.0 Å². The van der Waals surface area contributed by atoms with Crippen LogP contribution in [0.15, 0.2) is 36.0 Å². The Morgan fingerprint density at radius 1 is 1.18 bits per heavy atom. The Balaban J connectivity index is 5.57. The molecule has 0 spiro atoms. The number of nitrogens with zero attached hydrogens (tertiary/aromatic N) is 1. The molecule has 0 aliphatic rings. The summed E-state index contributed by atoms with van der Waals surface area (Å²) >= 11 is 0. The lowest BCUT2D eigenvalue weighted by molar-refractivity contribution is -0.161. The number of rotatable bonds is 8. The van der Waals surface area contributed by atoms with Crippen molar-refractivity contribution in [3.8, 4) is 0 Å². The van der Waals surface area contributed by atoms with Crippen molar-refractivity contribution in [2.75, 3.05) is 20.6 Å². The van der Waals surface area contributed by atoms with Crippen molar-refractivity contribution in [3.05, 3.63) is 36.0 Å². The van der Waals surface area contributed by atoms with Crippen molar-refractivity contribution >= 4 is 0 Å². The summed E-state index contributed by atoms with van der Waals surface area (Å²) in [5.41, 5.74) is -0.0631. The summed E-state index contributed by atoms with van der Waals surface area (Å²) in [5.74, 6) is -4.30. The van der Waals surface area contributed by atoms with Gasteiger partial charge in [0, 0.05) is 6.08 Å². The van der Waals surface area contributed by atoms with Gasteiger partial charge >= 0.3 is 6.18 Å². The molecule has 22 heavy (non-hydrogen) atoms. The fourth-order valence-electron chi connectivity index (χ4n) is 2.16. The van der Waals surface area contributed by atoms with Crippen molar-refractivity contribution in [2.45, 2.75) is 32.9 Å². The van der Waals surface area contributed by atoms with E-state index in [4.69, 9.17) is 0 Å². The fraction of sp³-hybridized carbons (Fsp3) is 0.625. The maximum absolute atomic E-state index is 13.7. The van der Waals surface area contributed by atoms with Gasteiger partial charge in [0.05, 0.1) is 5.92 Å². The van der Waals surface area contributed by atoms with E-state index in [-0.39, 0.29) is 5.57 Å². The van der Waals surface area contributed by atoms with E-state index in [2.05, 4.69) is 6.58 Å². The third-order valence-electron chi connectivity index (χ3n) is 3.48. The Kier molecular flexibility index (Phi) is 8.60. The van der Waals surface area contributed by atoms with Crippen LogP contribution in [0.5, 0.6) is 0 Å². The Morgan fingerprint density at radius 3 is 2.09 bits per heavy atom. The van der Waals surface area contributed by atoms with Gasteiger partial charge in [0.2, 0.25) is 0 Å². The zero-order valence-electron chi connectivity index (χ0n) is 13.5. The van der Waals surface area contributed by atoms with Crippen LogP contribution in [0.1, 0.15) is 26.7 Å². The van der Waals surface area contributed by atoms with Gasteiger partial charge in [0.1, 0.15) is 11.7 Å². The van der Waals surface area contributed by atoms with E-state index in [1.165, 1.54) is 0 Å². The molecule has 0 radical (unpaired) electrons. The summed E-state index contributed by atoms with van der Waals surface area (Å²) in [6, 6.07) is 0.